The lowest BCUT2D eigenvalue weighted by Gasteiger charge is -2.32. The number of amides is 1. The summed E-state index contributed by atoms with van der Waals surface area (Å²) in [5.74, 6) is 0.280. The van der Waals surface area contributed by atoms with E-state index in [4.69, 9.17) is 19.3 Å². The number of rotatable bonds is 8. The molecule has 0 radical (unpaired) electrons. The number of hydrogen-bond donors (Lipinski definition) is 1. The van der Waals surface area contributed by atoms with Gasteiger partial charge in [0.25, 0.3) is 0 Å². The average molecular weight is 337 g/mol. The summed E-state index contributed by atoms with van der Waals surface area (Å²) in [5.41, 5.74) is 0. The van der Waals surface area contributed by atoms with Gasteiger partial charge in [-0.3, -0.25) is 4.79 Å². The Kier molecular flexibility index (Phi) is 6.87. The second kappa shape index (κ2) is 9.12. The standard InChI is InChI=1S/C17H23NO6/c1-2-23-13-5-7-14(8-6-13)24-10-3-4-16(19)18-9-11-22-12-15(18)17(20)21/h5-8,15H,2-4,9-12H2,1H3,(H,20,21). The Hall–Kier alpha value is -2.28. The molecule has 1 aromatic carbocycles. The minimum absolute atomic E-state index is 0.0454. The van der Waals surface area contributed by atoms with Crippen molar-refractivity contribution < 1.29 is 28.9 Å². The molecule has 1 amide bonds. The zero-order valence-electron chi connectivity index (χ0n) is 13.8. The maximum Gasteiger partial charge on any atom is 0.328 e. The van der Waals surface area contributed by atoms with Crippen LogP contribution in [0, 0.1) is 0 Å². The van der Waals surface area contributed by atoms with Gasteiger partial charge in [0, 0.05) is 13.0 Å². The van der Waals surface area contributed by atoms with Crippen LogP contribution in [0.25, 0.3) is 0 Å². The lowest BCUT2D eigenvalue weighted by Crippen LogP contribution is -2.52. The van der Waals surface area contributed by atoms with Crippen molar-refractivity contribution in [3.8, 4) is 11.5 Å². The van der Waals surface area contributed by atoms with Crippen molar-refractivity contribution in [2.24, 2.45) is 0 Å². The van der Waals surface area contributed by atoms with Gasteiger partial charge in [0.05, 0.1) is 26.4 Å². The number of carbonyl (C=O) groups excluding carboxylic acids is 1. The molecule has 1 atom stereocenters. The van der Waals surface area contributed by atoms with Gasteiger partial charge in [-0.25, -0.2) is 4.79 Å². The van der Waals surface area contributed by atoms with E-state index in [-0.39, 0.29) is 18.9 Å². The molecule has 2 rings (SSSR count). The van der Waals surface area contributed by atoms with E-state index in [0.29, 0.717) is 38.5 Å². The van der Waals surface area contributed by atoms with E-state index in [2.05, 4.69) is 0 Å². The maximum atomic E-state index is 12.2. The molecule has 0 aromatic heterocycles. The average Bonchev–Trinajstić information content (AvgIpc) is 2.60. The molecule has 1 aliphatic heterocycles. The molecule has 24 heavy (non-hydrogen) atoms. The van der Waals surface area contributed by atoms with E-state index in [1.165, 1.54) is 4.90 Å². The highest BCUT2D eigenvalue weighted by Gasteiger charge is 2.32. The first-order chi connectivity index (χ1) is 11.6. The second-order valence-electron chi connectivity index (χ2n) is 5.37. The summed E-state index contributed by atoms with van der Waals surface area (Å²) in [6, 6.07) is 6.40. The predicted octanol–water partition coefficient (Wildman–Crippen LogP) is 1.56. The summed E-state index contributed by atoms with van der Waals surface area (Å²) >= 11 is 0. The molecular formula is C17H23NO6. The number of aliphatic carboxylic acids is 1. The number of hydrogen-bond acceptors (Lipinski definition) is 5. The molecule has 1 heterocycles. The molecule has 1 fully saturated rings. The summed E-state index contributed by atoms with van der Waals surface area (Å²) in [6.45, 7) is 3.66. The molecule has 1 N–H and O–H groups in total. The normalized spacial score (nSPS) is 17.4. The Morgan fingerprint density at radius 1 is 1.25 bits per heavy atom. The first kappa shape index (κ1) is 18.1. The van der Waals surface area contributed by atoms with Crippen molar-refractivity contribution >= 4 is 11.9 Å². The van der Waals surface area contributed by atoms with Gasteiger partial charge in [-0.05, 0) is 37.6 Å². The minimum Gasteiger partial charge on any atom is -0.494 e. The number of morpholine rings is 1. The number of ether oxygens (including phenoxy) is 3. The predicted molar refractivity (Wildman–Crippen MR) is 86.3 cm³/mol. The van der Waals surface area contributed by atoms with Crippen molar-refractivity contribution in [1.29, 1.82) is 0 Å². The van der Waals surface area contributed by atoms with Crippen molar-refractivity contribution in [3.63, 3.8) is 0 Å². The fourth-order valence-electron chi connectivity index (χ4n) is 2.46. The Labute approximate surface area is 141 Å². The molecule has 0 aliphatic carbocycles. The Morgan fingerprint density at radius 2 is 1.92 bits per heavy atom. The number of benzene rings is 1. The fourth-order valence-corrected chi connectivity index (χ4v) is 2.46. The molecule has 7 nitrogen and oxygen atoms in total. The lowest BCUT2D eigenvalue weighted by molar-refractivity contribution is -0.158. The zero-order chi connectivity index (χ0) is 17.4. The van der Waals surface area contributed by atoms with E-state index >= 15 is 0 Å². The SMILES string of the molecule is CCOc1ccc(OCCCC(=O)N2CCOCC2C(=O)O)cc1. The van der Waals surface area contributed by atoms with E-state index in [1.54, 1.807) is 0 Å². The molecule has 1 aliphatic rings. The second-order valence-corrected chi connectivity index (χ2v) is 5.37. The Balaban J connectivity index is 1.73. The summed E-state index contributed by atoms with van der Waals surface area (Å²) in [4.78, 5) is 24.7. The number of nitrogens with zero attached hydrogens (tertiary/aromatic N) is 1. The quantitative estimate of drug-likeness (QED) is 0.725. The van der Waals surface area contributed by atoms with Gasteiger partial charge in [0.1, 0.15) is 11.5 Å². The van der Waals surface area contributed by atoms with Crippen LogP contribution in [-0.4, -0.2) is 60.9 Å². The smallest absolute Gasteiger partial charge is 0.328 e. The topological polar surface area (TPSA) is 85.3 Å². The molecule has 0 spiro atoms. The maximum absolute atomic E-state index is 12.2. The summed E-state index contributed by atoms with van der Waals surface area (Å²) in [7, 11) is 0. The molecule has 132 valence electrons. The largest absolute Gasteiger partial charge is 0.494 e. The summed E-state index contributed by atoms with van der Waals surface area (Å²) < 4.78 is 16.1. The van der Waals surface area contributed by atoms with Crippen molar-refractivity contribution in [2.75, 3.05) is 33.0 Å². The van der Waals surface area contributed by atoms with Crippen molar-refractivity contribution in [2.45, 2.75) is 25.8 Å². The van der Waals surface area contributed by atoms with Gasteiger partial charge in [-0.15, -0.1) is 0 Å². The number of carboxylic acid groups (broad SMARTS) is 1. The van der Waals surface area contributed by atoms with Crippen LogP contribution in [0.3, 0.4) is 0 Å². The highest BCUT2D eigenvalue weighted by molar-refractivity contribution is 5.84. The number of carboxylic acids is 1. The molecular weight excluding hydrogens is 314 g/mol. The van der Waals surface area contributed by atoms with Crippen LogP contribution in [-0.2, 0) is 14.3 Å². The molecule has 1 saturated heterocycles. The summed E-state index contributed by atoms with van der Waals surface area (Å²) in [6.07, 6.45) is 0.774. The van der Waals surface area contributed by atoms with Crippen LogP contribution in [0.5, 0.6) is 11.5 Å². The third-order valence-corrected chi connectivity index (χ3v) is 3.67. The van der Waals surface area contributed by atoms with Gasteiger partial charge in [0.15, 0.2) is 6.04 Å². The first-order valence-electron chi connectivity index (χ1n) is 8.07. The number of carbonyl (C=O) groups is 2. The van der Waals surface area contributed by atoms with E-state index in [9.17, 15) is 9.59 Å². The van der Waals surface area contributed by atoms with Crippen LogP contribution in [0.2, 0.25) is 0 Å². The summed E-state index contributed by atoms with van der Waals surface area (Å²) in [5, 5.41) is 9.13. The third-order valence-electron chi connectivity index (χ3n) is 3.67. The molecule has 7 heteroatoms. The van der Waals surface area contributed by atoms with E-state index in [0.717, 1.165) is 5.75 Å². The van der Waals surface area contributed by atoms with E-state index in [1.807, 2.05) is 31.2 Å². The monoisotopic (exact) mass is 337 g/mol. The highest BCUT2D eigenvalue weighted by atomic mass is 16.5. The van der Waals surface area contributed by atoms with Gasteiger partial charge in [-0.1, -0.05) is 0 Å². The van der Waals surface area contributed by atoms with Gasteiger partial charge in [0.2, 0.25) is 5.91 Å². The molecule has 1 aromatic rings. The molecule has 1 unspecified atom stereocenters. The van der Waals surface area contributed by atoms with Crippen molar-refractivity contribution in [3.05, 3.63) is 24.3 Å². The van der Waals surface area contributed by atoms with Crippen LogP contribution in [0.15, 0.2) is 24.3 Å². The van der Waals surface area contributed by atoms with Crippen LogP contribution >= 0.6 is 0 Å². The van der Waals surface area contributed by atoms with Gasteiger partial charge in [-0.2, -0.15) is 0 Å². The first-order valence-corrected chi connectivity index (χ1v) is 8.07. The fraction of sp³-hybridized carbons (Fsp3) is 0.529. The third kappa shape index (κ3) is 5.13. The highest BCUT2D eigenvalue weighted by Crippen LogP contribution is 2.18. The van der Waals surface area contributed by atoms with Gasteiger partial charge < -0.3 is 24.2 Å². The Bertz CT molecular complexity index is 545. The van der Waals surface area contributed by atoms with Crippen LogP contribution in [0.1, 0.15) is 19.8 Å². The van der Waals surface area contributed by atoms with Crippen LogP contribution < -0.4 is 9.47 Å². The van der Waals surface area contributed by atoms with E-state index < -0.39 is 12.0 Å². The minimum atomic E-state index is -1.03. The molecule has 0 bridgehead atoms. The van der Waals surface area contributed by atoms with Crippen LogP contribution in [0.4, 0.5) is 0 Å². The zero-order valence-corrected chi connectivity index (χ0v) is 13.8. The Morgan fingerprint density at radius 3 is 2.54 bits per heavy atom. The lowest BCUT2D eigenvalue weighted by atomic mass is 10.2. The van der Waals surface area contributed by atoms with Crippen molar-refractivity contribution in [1.82, 2.24) is 4.90 Å². The molecule has 0 saturated carbocycles. The van der Waals surface area contributed by atoms with Gasteiger partial charge >= 0.3 is 5.97 Å².